The highest BCUT2D eigenvalue weighted by Crippen LogP contribution is 2.47. The minimum Gasteiger partial charge on any atom is -0.378 e. The van der Waals surface area contributed by atoms with E-state index in [4.69, 9.17) is 19.8 Å². The predicted octanol–water partition coefficient (Wildman–Crippen LogP) is 4.72. The molecule has 4 aliphatic rings. The SMILES string of the molecule is Cc1ccc(-c2nc(N(C)c3c4cc(N5CC6(CN(C(=O)N7CCOCC7)C6)C5)c(C)nc4nn3C3CC3)sc2C#N)cc1. The Hall–Kier alpha value is -4.21. The number of morpholine rings is 1. The number of pyridine rings is 1. The molecule has 2 amide bonds. The molecule has 44 heavy (non-hydrogen) atoms. The fourth-order valence-corrected chi connectivity index (χ4v) is 7.69. The summed E-state index contributed by atoms with van der Waals surface area (Å²) in [5, 5.41) is 16.7. The maximum Gasteiger partial charge on any atom is 0.320 e. The highest BCUT2D eigenvalue weighted by Gasteiger charge is 2.54. The van der Waals surface area contributed by atoms with Crippen LogP contribution in [0.5, 0.6) is 0 Å². The molecule has 1 aromatic carbocycles. The number of carbonyl (C=O) groups is 1. The standard InChI is InChI=1S/C32H35N9O2S/c1-20-4-6-22(7-5-20)27-26(15-33)44-30(35-27)37(3)29-24-14-25(21(2)34-28(24)36-41(29)23-8-9-23)39-16-32(17-39)18-40(19-32)31(42)38-10-12-43-13-11-38/h4-7,14,23H,8-13,16-19H2,1-3H3. The molecule has 8 rings (SSSR count). The monoisotopic (exact) mass is 609 g/mol. The summed E-state index contributed by atoms with van der Waals surface area (Å²) in [4.78, 5) is 31.8. The third-order valence-electron chi connectivity index (χ3n) is 9.36. The van der Waals surface area contributed by atoms with Gasteiger partial charge in [-0.3, -0.25) is 0 Å². The summed E-state index contributed by atoms with van der Waals surface area (Å²) >= 11 is 1.41. The highest BCUT2D eigenvalue weighted by atomic mass is 32.1. The van der Waals surface area contributed by atoms with Crippen LogP contribution in [0.1, 0.15) is 35.0 Å². The van der Waals surface area contributed by atoms with Crippen LogP contribution in [0.25, 0.3) is 22.3 Å². The first-order chi connectivity index (χ1) is 21.3. The maximum absolute atomic E-state index is 12.9. The van der Waals surface area contributed by atoms with Gasteiger partial charge >= 0.3 is 6.03 Å². The zero-order chi connectivity index (χ0) is 30.2. The van der Waals surface area contributed by atoms with Gasteiger partial charge in [-0.2, -0.15) is 10.4 Å². The van der Waals surface area contributed by atoms with Crippen molar-refractivity contribution < 1.29 is 9.53 Å². The van der Waals surface area contributed by atoms with Crippen molar-refractivity contribution in [2.75, 3.05) is 69.3 Å². The summed E-state index contributed by atoms with van der Waals surface area (Å²) in [6, 6.07) is 13.2. The van der Waals surface area contributed by atoms with Crippen LogP contribution in [0.15, 0.2) is 30.3 Å². The fraction of sp³-hybridized carbons (Fsp3) is 0.469. The van der Waals surface area contributed by atoms with Crippen molar-refractivity contribution in [2.45, 2.75) is 32.7 Å². The maximum atomic E-state index is 12.9. The summed E-state index contributed by atoms with van der Waals surface area (Å²) in [5.74, 6) is 0.964. The molecule has 3 aromatic heterocycles. The molecule has 4 aromatic rings. The number of hydrogen-bond donors (Lipinski definition) is 0. The zero-order valence-corrected chi connectivity index (χ0v) is 26.1. The average Bonchev–Trinajstić information content (AvgIpc) is 3.64. The number of thiazole rings is 1. The lowest BCUT2D eigenvalue weighted by atomic mass is 9.72. The molecule has 1 aliphatic carbocycles. The smallest absolute Gasteiger partial charge is 0.320 e. The van der Waals surface area contributed by atoms with E-state index in [-0.39, 0.29) is 11.4 Å². The van der Waals surface area contributed by atoms with Gasteiger partial charge in [0.15, 0.2) is 10.8 Å². The number of anilines is 3. The van der Waals surface area contributed by atoms with Gasteiger partial charge < -0.3 is 24.3 Å². The van der Waals surface area contributed by atoms with E-state index in [1.54, 1.807) is 0 Å². The van der Waals surface area contributed by atoms with Crippen molar-refractivity contribution in [3.8, 4) is 17.3 Å². The summed E-state index contributed by atoms with van der Waals surface area (Å²) in [6.45, 7) is 10.1. The molecular weight excluding hydrogens is 574 g/mol. The van der Waals surface area contributed by atoms with Crippen LogP contribution in [0, 0.1) is 30.6 Å². The van der Waals surface area contributed by atoms with Crippen LogP contribution in [-0.2, 0) is 4.74 Å². The van der Waals surface area contributed by atoms with Crippen LogP contribution in [0.2, 0.25) is 0 Å². The average molecular weight is 610 g/mol. The molecule has 3 saturated heterocycles. The molecule has 0 atom stereocenters. The van der Waals surface area contributed by atoms with Crippen molar-refractivity contribution in [3.05, 3.63) is 46.5 Å². The fourth-order valence-electron chi connectivity index (χ4n) is 6.84. The molecule has 12 heteroatoms. The van der Waals surface area contributed by atoms with Gasteiger partial charge in [0.25, 0.3) is 0 Å². The van der Waals surface area contributed by atoms with Crippen LogP contribution >= 0.6 is 11.3 Å². The van der Waals surface area contributed by atoms with Gasteiger partial charge in [0.1, 0.15) is 22.5 Å². The number of aryl methyl sites for hydroxylation is 2. The summed E-state index contributed by atoms with van der Waals surface area (Å²) in [5.41, 5.74) is 5.79. The first-order valence-corrected chi connectivity index (χ1v) is 16.1. The highest BCUT2D eigenvalue weighted by molar-refractivity contribution is 7.16. The lowest BCUT2D eigenvalue weighted by Gasteiger charge is -2.61. The van der Waals surface area contributed by atoms with Gasteiger partial charge in [-0.15, -0.1) is 0 Å². The van der Waals surface area contributed by atoms with Gasteiger partial charge in [0.05, 0.1) is 36.0 Å². The topological polar surface area (TPSA) is 107 Å². The molecule has 4 fully saturated rings. The number of urea groups is 1. The Morgan fingerprint density at radius 2 is 1.80 bits per heavy atom. The molecular formula is C32H35N9O2S. The third kappa shape index (κ3) is 4.49. The Morgan fingerprint density at radius 3 is 2.48 bits per heavy atom. The molecule has 0 radical (unpaired) electrons. The van der Waals surface area contributed by atoms with E-state index in [9.17, 15) is 10.1 Å². The second kappa shape index (κ2) is 10.2. The van der Waals surface area contributed by atoms with Gasteiger partial charge in [0, 0.05) is 57.3 Å². The minimum absolute atomic E-state index is 0.143. The first kappa shape index (κ1) is 27.3. The molecule has 6 heterocycles. The van der Waals surface area contributed by atoms with Crippen molar-refractivity contribution in [3.63, 3.8) is 0 Å². The Bertz CT molecular complexity index is 1800. The number of carbonyl (C=O) groups excluding carboxylic acids is 1. The predicted molar refractivity (Wildman–Crippen MR) is 170 cm³/mol. The normalized spacial score (nSPS) is 19.2. The summed E-state index contributed by atoms with van der Waals surface area (Å²) in [6.07, 6.45) is 2.18. The Balaban J connectivity index is 1.07. The Labute approximate surface area is 260 Å². The number of fused-ring (bicyclic) bond motifs is 1. The van der Waals surface area contributed by atoms with E-state index in [1.165, 1.54) is 16.9 Å². The van der Waals surface area contributed by atoms with Gasteiger partial charge in [-0.05, 0) is 32.8 Å². The van der Waals surface area contributed by atoms with Crippen molar-refractivity contribution in [1.82, 2.24) is 29.5 Å². The minimum atomic E-state index is 0.143. The quantitative estimate of drug-likeness (QED) is 0.320. The molecule has 0 N–H and O–H groups in total. The lowest BCUT2D eigenvalue weighted by molar-refractivity contribution is -0.0179. The van der Waals surface area contributed by atoms with Crippen molar-refractivity contribution in [2.24, 2.45) is 5.41 Å². The molecule has 0 unspecified atom stereocenters. The summed E-state index contributed by atoms with van der Waals surface area (Å²) in [7, 11) is 2.01. The van der Waals surface area contributed by atoms with Crippen LogP contribution in [0.4, 0.5) is 21.4 Å². The largest absolute Gasteiger partial charge is 0.378 e. The second-order valence-electron chi connectivity index (χ2n) is 12.8. The van der Waals surface area contributed by atoms with Crippen molar-refractivity contribution >= 4 is 45.0 Å². The van der Waals surface area contributed by atoms with E-state index in [0.717, 1.165) is 77.9 Å². The van der Waals surface area contributed by atoms with E-state index in [1.807, 2.05) is 41.1 Å². The van der Waals surface area contributed by atoms with E-state index >= 15 is 0 Å². The lowest BCUT2D eigenvalue weighted by Crippen LogP contribution is -2.74. The Kier molecular flexibility index (Phi) is 6.32. The third-order valence-corrected chi connectivity index (χ3v) is 10.4. The molecule has 1 spiro atoms. The number of aromatic nitrogens is 4. The van der Waals surface area contributed by atoms with Crippen molar-refractivity contribution in [1.29, 1.82) is 5.26 Å². The molecule has 226 valence electrons. The van der Waals surface area contributed by atoms with E-state index < -0.39 is 0 Å². The molecule has 3 aliphatic heterocycles. The number of amides is 2. The zero-order valence-electron chi connectivity index (χ0n) is 25.3. The van der Waals surface area contributed by atoms with Gasteiger partial charge in [-0.1, -0.05) is 41.2 Å². The number of likely N-dealkylation sites (tertiary alicyclic amines) is 1. The van der Waals surface area contributed by atoms with E-state index in [2.05, 4.69) is 40.5 Å². The first-order valence-electron chi connectivity index (χ1n) is 15.3. The number of rotatable bonds is 5. The van der Waals surface area contributed by atoms with Crippen LogP contribution in [0.3, 0.4) is 0 Å². The van der Waals surface area contributed by atoms with Crippen LogP contribution < -0.4 is 9.80 Å². The summed E-state index contributed by atoms with van der Waals surface area (Å²) < 4.78 is 7.52. The second-order valence-corrected chi connectivity index (χ2v) is 13.7. The molecule has 1 saturated carbocycles. The number of nitriles is 1. The number of hydrogen-bond acceptors (Lipinski definition) is 9. The van der Waals surface area contributed by atoms with E-state index in [0.29, 0.717) is 42.9 Å². The number of nitrogens with zero attached hydrogens (tertiary/aromatic N) is 9. The molecule has 11 nitrogen and oxygen atoms in total. The van der Waals surface area contributed by atoms with Gasteiger partial charge in [-0.25, -0.2) is 19.4 Å². The number of ether oxygens (including phenoxy) is 1. The van der Waals surface area contributed by atoms with Gasteiger partial charge in [0.2, 0.25) is 0 Å². The Morgan fingerprint density at radius 1 is 1.07 bits per heavy atom. The molecule has 0 bridgehead atoms. The number of benzene rings is 1. The van der Waals surface area contributed by atoms with Crippen LogP contribution in [-0.4, -0.2) is 95.1 Å².